The number of hydrogen-bond donors (Lipinski definition) is 1. The lowest BCUT2D eigenvalue weighted by molar-refractivity contribution is 0.111. The molecule has 0 amide bonds. The summed E-state index contributed by atoms with van der Waals surface area (Å²) < 4.78 is 5.52. The first-order valence-corrected chi connectivity index (χ1v) is 5.22. The van der Waals surface area contributed by atoms with Crippen molar-refractivity contribution in [2.24, 2.45) is 0 Å². The van der Waals surface area contributed by atoms with Gasteiger partial charge in [0.05, 0.1) is 11.1 Å². The number of phenolic OH excluding ortho intramolecular Hbond substituents is 1. The summed E-state index contributed by atoms with van der Waals surface area (Å²) in [5.41, 5.74) is 1.12. The number of rotatable bonds is 2. The highest BCUT2D eigenvalue weighted by Gasteiger charge is 2.16. The predicted octanol–water partition coefficient (Wildman–Crippen LogP) is 2.77. The van der Waals surface area contributed by atoms with E-state index in [9.17, 15) is 5.11 Å². The molecule has 1 aliphatic heterocycles. The maximum Gasteiger partial charge on any atom is 0.134 e. The molecule has 1 aliphatic rings. The summed E-state index contributed by atoms with van der Waals surface area (Å²) in [5.74, 6) is 0.141. The fraction of sp³-hybridized carbons (Fsp3) is 0.455. The van der Waals surface area contributed by atoms with Crippen LogP contribution in [0.3, 0.4) is 0 Å². The first-order valence-electron chi connectivity index (χ1n) is 4.85. The van der Waals surface area contributed by atoms with E-state index in [2.05, 4.69) is 0 Å². The minimum atomic E-state index is 0.141. The molecular formula is C11H13ClO2. The van der Waals surface area contributed by atoms with E-state index in [0.29, 0.717) is 11.1 Å². The van der Waals surface area contributed by atoms with Crippen molar-refractivity contribution in [1.29, 1.82) is 0 Å². The molecular weight excluding hydrogens is 200 g/mol. The van der Waals surface area contributed by atoms with E-state index in [1.165, 1.54) is 0 Å². The van der Waals surface area contributed by atoms with Crippen LogP contribution in [0, 0.1) is 0 Å². The number of halogens is 1. The molecule has 0 bridgehead atoms. The van der Waals surface area contributed by atoms with Crippen LogP contribution in [-0.4, -0.2) is 17.8 Å². The molecule has 1 N–H and O–H groups in total. The van der Waals surface area contributed by atoms with Crippen LogP contribution in [0.4, 0.5) is 0 Å². The zero-order chi connectivity index (χ0) is 9.97. The van der Waals surface area contributed by atoms with E-state index in [0.717, 1.165) is 31.4 Å². The molecule has 76 valence electrons. The highest BCUT2D eigenvalue weighted by Crippen LogP contribution is 2.25. The van der Waals surface area contributed by atoms with Crippen LogP contribution in [0.2, 0.25) is 5.02 Å². The molecule has 0 radical (unpaired) electrons. The van der Waals surface area contributed by atoms with Crippen molar-refractivity contribution in [2.75, 3.05) is 6.61 Å². The summed E-state index contributed by atoms with van der Waals surface area (Å²) >= 11 is 5.81. The van der Waals surface area contributed by atoms with Crippen LogP contribution in [0.25, 0.3) is 0 Å². The molecule has 1 fully saturated rings. The topological polar surface area (TPSA) is 29.5 Å². The smallest absolute Gasteiger partial charge is 0.134 e. The number of aromatic hydroxyl groups is 1. The van der Waals surface area contributed by atoms with E-state index < -0.39 is 0 Å². The fourth-order valence-corrected chi connectivity index (χ4v) is 1.95. The Labute approximate surface area is 88.5 Å². The molecule has 1 atom stereocenters. The van der Waals surface area contributed by atoms with Gasteiger partial charge in [0.1, 0.15) is 5.75 Å². The summed E-state index contributed by atoms with van der Waals surface area (Å²) in [4.78, 5) is 0. The van der Waals surface area contributed by atoms with Gasteiger partial charge in [0.15, 0.2) is 0 Å². The molecule has 0 aliphatic carbocycles. The molecule has 0 aromatic heterocycles. The van der Waals surface area contributed by atoms with Crippen molar-refractivity contribution < 1.29 is 9.84 Å². The van der Waals surface area contributed by atoms with Crippen molar-refractivity contribution in [1.82, 2.24) is 0 Å². The standard InChI is InChI=1S/C11H13ClO2/c12-10-7-8(3-4-11(10)13)6-9-2-1-5-14-9/h3-4,7,9,13H,1-2,5-6H2. The Morgan fingerprint density at radius 2 is 2.36 bits per heavy atom. The van der Waals surface area contributed by atoms with Crippen LogP contribution in [0.1, 0.15) is 18.4 Å². The summed E-state index contributed by atoms with van der Waals surface area (Å²) in [6, 6.07) is 5.33. The third-order valence-electron chi connectivity index (χ3n) is 2.50. The van der Waals surface area contributed by atoms with Crippen LogP contribution in [0.5, 0.6) is 5.75 Å². The maximum atomic E-state index is 9.24. The Balaban J connectivity index is 2.05. The van der Waals surface area contributed by atoms with Crippen LogP contribution in [0.15, 0.2) is 18.2 Å². The number of hydrogen-bond acceptors (Lipinski definition) is 2. The number of phenols is 1. The van der Waals surface area contributed by atoms with Crippen molar-refractivity contribution in [3.8, 4) is 5.75 Å². The van der Waals surface area contributed by atoms with E-state index in [4.69, 9.17) is 16.3 Å². The molecule has 1 unspecified atom stereocenters. The zero-order valence-electron chi connectivity index (χ0n) is 7.87. The first-order chi connectivity index (χ1) is 6.75. The molecule has 2 nitrogen and oxygen atoms in total. The van der Waals surface area contributed by atoms with Gasteiger partial charge in [-0.15, -0.1) is 0 Å². The highest BCUT2D eigenvalue weighted by atomic mass is 35.5. The molecule has 1 heterocycles. The van der Waals surface area contributed by atoms with Gasteiger partial charge >= 0.3 is 0 Å². The van der Waals surface area contributed by atoms with Crippen LogP contribution < -0.4 is 0 Å². The van der Waals surface area contributed by atoms with Gasteiger partial charge in [0, 0.05) is 6.61 Å². The third kappa shape index (κ3) is 2.20. The van der Waals surface area contributed by atoms with E-state index >= 15 is 0 Å². The second-order valence-corrected chi connectivity index (χ2v) is 4.03. The largest absolute Gasteiger partial charge is 0.506 e. The highest BCUT2D eigenvalue weighted by molar-refractivity contribution is 6.32. The summed E-state index contributed by atoms with van der Waals surface area (Å²) in [6.45, 7) is 0.872. The molecule has 0 spiro atoms. The van der Waals surface area contributed by atoms with Gasteiger partial charge < -0.3 is 9.84 Å². The van der Waals surface area contributed by atoms with Crippen molar-refractivity contribution in [3.05, 3.63) is 28.8 Å². The minimum absolute atomic E-state index is 0.141. The lowest BCUT2D eigenvalue weighted by Crippen LogP contribution is -2.08. The Morgan fingerprint density at radius 3 is 3.00 bits per heavy atom. The van der Waals surface area contributed by atoms with Gasteiger partial charge in [-0.1, -0.05) is 17.7 Å². The van der Waals surface area contributed by atoms with Gasteiger partial charge in [-0.25, -0.2) is 0 Å². The molecule has 14 heavy (non-hydrogen) atoms. The Bertz CT molecular complexity index is 319. The SMILES string of the molecule is Oc1ccc(CC2CCCO2)cc1Cl. The molecule has 2 rings (SSSR count). The molecule has 3 heteroatoms. The van der Waals surface area contributed by atoms with Gasteiger partial charge in [-0.05, 0) is 37.0 Å². The van der Waals surface area contributed by atoms with Gasteiger partial charge in [0.25, 0.3) is 0 Å². The molecule has 1 aromatic rings. The number of ether oxygens (including phenoxy) is 1. The Kier molecular flexibility index (Phi) is 2.94. The second kappa shape index (κ2) is 4.20. The van der Waals surface area contributed by atoms with Crippen molar-refractivity contribution >= 4 is 11.6 Å². The fourth-order valence-electron chi connectivity index (χ4n) is 1.75. The maximum absolute atomic E-state index is 9.24. The van der Waals surface area contributed by atoms with Gasteiger partial charge in [-0.3, -0.25) is 0 Å². The quantitative estimate of drug-likeness (QED) is 0.817. The Morgan fingerprint density at radius 1 is 1.50 bits per heavy atom. The van der Waals surface area contributed by atoms with E-state index in [1.807, 2.05) is 6.07 Å². The van der Waals surface area contributed by atoms with E-state index in [-0.39, 0.29) is 5.75 Å². The Hall–Kier alpha value is -0.730. The average Bonchev–Trinajstić information content (AvgIpc) is 2.64. The molecule has 0 saturated carbocycles. The lowest BCUT2D eigenvalue weighted by atomic mass is 10.1. The van der Waals surface area contributed by atoms with Crippen molar-refractivity contribution in [3.63, 3.8) is 0 Å². The minimum Gasteiger partial charge on any atom is -0.506 e. The average molecular weight is 213 g/mol. The predicted molar refractivity (Wildman–Crippen MR) is 55.8 cm³/mol. The lowest BCUT2D eigenvalue weighted by Gasteiger charge is -2.09. The summed E-state index contributed by atoms with van der Waals surface area (Å²) in [7, 11) is 0. The molecule has 1 saturated heterocycles. The normalized spacial score (nSPS) is 21.4. The van der Waals surface area contributed by atoms with Gasteiger partial charge in [0.2, 0.25) is 0 Å². The first kappa shape index (κ1) is 9.81. The second-order valence-electron chi connectivity index (χ2n) is 3.62. The van der Waals surface area contributed by atoms with Crippen LogP contribution >= 0.6 is 11.6 Å². The van der Waals surface area contributed by atoms with Gasteiger partial charge in [-0.2, -0.15) is 0 Å². The van der Waals surface area contributed by atoms with Crippen LogP contribution in [-0.2, 0) is 11.2 Å². The summed E-state index contributed by atoms with van der Waals surface area (Å²) in [6.07, 6.45) is 3.49. The third-order valence-corrected chi connectivity index (χ3v) is 2.80. The zero-order valence-corrected chi connectivity index (χ0v) is 8.63. The number of benzene rings is 1. The summed E-state index contributed by atoms with van der Waals surface area (Å²) in [5, 5.41) is 9.66. The van der Waals surface area contributed by atoms with Crippen molar-refractivity contribution in [2.45, 2.75) is 25.4 Å². The van der Waals surface area contributed by atoms with E-state index in [1.54, 1.807) is 12.1 Å². The molecule has 1 aromatic carbocycles. The monoisotopic (exact) mass is 212 g/mol.